The molecule has 0 heterocycles. The Balaban J connectivity index is 2.63. The molecule has 0 spiro atoms. The summed E-state index contributed by atoms with van der Waals surface area (Å²) in [5.41, 5.74) is 1.00. The Morgan fingerprint density at radius 1 is 1.50 bits per heavy atom. The van der Waals surface area contributed by atoms with E-state index in [1.807, 2.05) is 6.92 Å². The third-order valence-corrected chi connectivity index (χ3v) is 2.96. The second kappa shape index (κ2) is 5.83. The van der Waals surface area contributed by atoms with Crippen LogP contribution in [0.2, 0.25) is 0 Å². The van der Waals surface area contributed by atoms with Gasteiger partial charge in [0.25, 0.3) is 0 Å². The molecule has 0 radical (unpaired) electrons. The summed E-state index contributed by atoms with van der Waals surface area (Å²) in [7, 11) is 0. The lowest BCUT2D eigenvalue weighted by Crippen LogP contribution is -2.35. The molecule has 1 aliphatic rings. The number of hydrogen-bond acceptors (Lipinski definition) is 3. The van der Waals surface area contributed by atoms with E-state index in [1.54, 1.807) is 6.92 Å². The highest BCUT2D eigenvalue weighted by Crippen LogP contribution is 2.30. The second-order valence-corrected chi connectivity index (χ2v) is 4.50. The molecule has 1 fully saturated rings. The van der Waals surface area contributed by atoms with Crippen molar-refractivity contribution < 1.29 is 14.3 Å². The topological polar surface area (TPSA) is 43.4 Å². The number of hydrogen-bond donors (Lipinski definition) is 0. The number of allylic oxidation sites excluding steroid dienone is 1. The van der Waals surface area contributed by atoms with Gasteiger partial charge in [-0.25, -0.2) is 0 Å². The number of Topliss-reactive ketones (excluding diaryl/α,β-unsaturated/α-hetero) is 1. The molecule has 3 nitrogen and oxygen atoms in total. The van der Waals surface area contributed by atoms with Crippen LogP contribution in [0.4, 0.5) is 0 Å². The van der Waals surface area contributed by atoms with Crippen LogP contribution in [0.1, 0.15) is 39.5 Å². The first-order chi connectivity index (χ1) is 7.56. The smallest absolute Gasteiger partial charge is 0.316 e. The quantitative estimate of drug-likeness (QED) is 0.418. The van der Waals surface area contributed by atoms with Gasteiger partial charge in [-0.15, -0.1) is 6.58 Å². The van der Waals surface area contributed by atoms with Gasteiger partial charge in [0, 0.05) is 5.92 Å². The standard InChI is InChI=1S/C13H20O3/c1-4-16-13(15)11-7-5-6-10(12(11)14)8-9(2)3/h10-11H,2,4-8H2,1,3H3. The maximum absolute atomic E-state index is 12.0. The Labute approximate surface area is 96.9 Å². The van der Waals surface area contributed by atoms with E-state index in [0.29, 0.717) is 19.4 Å². The Morgan fingerprint density at radius 3 is 2.75 bits per heavy atom. The van der Waals surface area contributed by atoms with E-state index in [2.05, 4.69) is 6.58 Å². The van der Waals surface area contributed by atoms with Crippen molar-refractivity contribution in [3.63, 3.8) is 0 Å². The fourth-order valence-electron chi connectivity index (χ4n) is 2.24. The number of rotatable bonds is 4. The molecule has 3 heteroatoms. The lowest BCUT2D eigenvalue weighted by molar-refractivity contribution is -0.154. The fourth-order valence-corrected chi connectivity index (χ4v) is 2.24. The maximum atomic E-state index is 12.0. The van der Waals surface area contributed by atoms with Gasteiger partial charge in [0.05, 0.1) is 6.61 Å². The first-order valence-electron chi connectivity index (χ1n) is 5.91. The van der Waals surface area contributed by atoms with Gasteiger partial charge in [-0.05, 0) is 33.1 Å². The number of carbonyl (C=O) groups is 2. The van der Waals surface area contributed by atoms with Crippen molar-refractivity contribution in [1.29, 1.82) is 0 Å². The number of carbonyl (C=O) groups excluding carboxylic acids is 2. The van der Waals surface area contributed by atoms with E-state index in [1.165, 1.54) is 0 Å². The molecule has 2 unspecified atom stereocenters. The van der Waals surface area contributed by atoms with Crippen LogP contribution in [0.5, 0.6) is 0 Å². The molecule has 2 atom stereocenters. The molecule has 90 valence electrons. The molecule has 1 saturated carbocycles. The van der Waals surface area contributed by atoms with Crippen LogP contribution >= 0.6 is 0 Å². The predicted octanol–water partition coefficient (Wildman–Crippen LogP) is 2.50. The Bertz CT molecular complexity index is 294. The molecule has 0 saturated heterocycles. The van der Waals surface area contributed by atoms with Gasteiger partial charge in [0.15, 0.2) is 0 Å². The SMILES string of the molecule is C=C(C)CC1CCCC(C(=O)OCC)C1=O. The maximum Gasteiger partial charge on any atom is 0.316 e. The Hall–Kier alpha value is -1.12. The minimum absolute atomic E-state index is 0.0272. The molecule has 0 amide bonds. The highest BCUT2D eigenvalue weighted by atomic mass is 16.5. The van der Waals surface area contributed by atoms with E-state index in [0.717, 1.165) is 18.4 Å². The van der Waals surface area contributed by atoms with Gasteiger partial charge in [0.1, 0.15) is 11.7 Å². The normalized spacial score (nSPS) is 25.2. The molecule has 0 bridgehead atoms. The van der Waals surface area contributed by atoms with Crippen molar-refractivity contribution in [3.8, 4) is 0 Å². The summed E-state index contributed by atoms with van der Waals surface area (Å²) in [5.74, 6) is -0.856. The lowest BCUT2D eigenvalue weighted by Gasteiger charge is -2.26. The van der Waals surface area contributed by atoms with Gasteiger partial charge in [-0.1, -0.05) is 12.0 Å². The average molecular weight is 224 g/mol. The molecule has 16 heavy (non-hydrogen) atoms. The van der Waals surface area contributed by atoms with Gasteiger partial charge in [-0.3, -0.25) is 9.59 Å². The molecule has 1 rings (SSSR count). The van der Waals surface area contributed by atoms with Crippen LogP contribution in [0.3, 0.4) is 0 Å². The van der Waals surface area contributed by atoms with Crippen molar-refractivity contribution in [2.75, 3.05) is 6.61 Å². The zero-order chi connectivity index (χ0) is 12.1. The highest BCUT2D eigenvalue weighted by Gasteiger charge is 2.36. The molecule has 0 aromatic carbocycles. The number of esters is 1. The summed E-state index contributed by atoms with van der Waals surface area (Å²) in [6, 6.07) is 0. The fraction of sp³-hybridized carbons (Fsp3) is 0.692. The summed E-state index contributed by atoms with van der Waals surface area (Å²) in [6.45, 7) is 7.84. The van der Waals surface area contributed by atoms with Crippen LogP contribution in [-0.2, 0) is 14.3 Å². The van der Waals surface area contributed by atoms with Gasteiger partial charge >= 0.3 is 5.97 Å². The summed E-state index contributed by atoms with van der Waals surface area (Å²) < 4.78 is 4.92. The minimum atomic E-state index is -0.530. The largest absolute Gasteiger partial charge is 0.465 e. The summed E-state index contributed by atoms with van der Waals surface area (Å²) in [6.07, 6.45) is 3.15. The van der Waals surface area contributed by atoms with E-state index in [9.17, 15) is 9.59 Å². The van der Waals surface area contributed by atoms with Crippen LogP contribution in [0, 0.1) is 11.8 Å². The Morgan fingerprint density at radius 2 is 2.19 bits per heavy atom. The minimum Gasteiger partial charge on any atom is -0.465 e. The van der Waals surface area contributed by atoms with E-state index >= 15 is 0 Å². The Kier molecular flexibility index (Phi) is 4.71. The van der Waals surface area contributed by atoms with Crippen LogP contribution < -0.4 is 0 Å². The van der Waals surface area contributed by atoms with Crippen molar-refractivity contribution >= 4 is 11.8 Å². The van der Waals surface area contributed by atoms with E-state index < -0.39 is 5.92 Å². The van der Waals surface area contributed by atoms with E-state index in [-0.39, 0.29) is 17.7 Å². The van der Waals surface area contributed by atoms with Crippen LogP contribution in [0.25, 0.3) is 0 Å². The van der Waals surface area contributed by atoms with Gasteiger partial charge in [0.2, 0.25) is 0 Å². The lowest BCUT2D eigenvalue weighted by atomic mass is 9.77. The average Bonchev–Trinajstić information content (AvgIpc) is 2.21. The molecular formula is C13H20O3. The third kappa shape index (κ3) is 3.19. The monoisotopic (exact) mass is 224 g/mol. The van der Waals surface area contributed by atoms with Crippen molar-refractivity contribution in [1.82, 2.24) is 0 Å². The highest BCUT2D eigenvalue weighted by molar-refractivity contribution is 6.00. The molecule has 0 aliphatic heterocycles. The first kappa shape index (κ1) is 12.9. The van der Waals surface area contributed by atoms with Crippen molar-refractivity contribution in [2.24, 2.45) is 11.8 Å². The molecule has 1 aliphatic carbocycles. The zero-order valence-corrected chi connectivity index (χ0v) is 10.1. The molecule has 0 aromatic rings. The molecule has 0 aromatic heterocycles. The second-order valence-electron chi connectivity index (χ2n) is 4.50. The summed E-state index contributed by atoms with van der Waals surface area (Å²) >= 11 is 0. The van der Waals surface area contributed by atoms with Gasteiger partial charge < -0.3 is 4.74 Å². The molecular weight excluding hydrogens is 204 g/mol. The van der Waals surface area contributed by atoms with Crippen LogP contribution in [0.15, 0.2) is 12.2 Å². The zero-order valence-electron chi connectivity index (χ0n) is 10.1. The number of ketones is 1. The van der Waals surface area contributed by atoms with E-state index in [4.69, 9.17) is 4.74 Å². The van der Waals surface area contributed by atoms with Crippen LogP contribution in [-0.4, -0.2) is 18.4 Å². The number of ether oxygens (including phenoxy) is 1. The van der Waals surface area contributed by atoms with Crippen molar-refractivity contribution in [2.45, 2.75) is 39.5 Å². The van der Waals surface area contributed by atoms with Crippen molar-refractivity contribution in [3.05, 3.63) is 12.2 Å². The third-order valence-electron chi connectivity index (χ3n) is 2.96. The first-order valence-corrected chi connectivity index (χ1v) is 5.91. The van der Waals surface area contributed by atoms with Gasteiger partial charge in [-0.2, -0.15) is 0 Å². The predicted molar refractivity (Wildman–Crippen MR) is 61.9 cm³/mol. The molecule has 0 N–H and O–H groups in total. The summed E-state index contributed by atoms with van der Waals surface area (Å²) in [5, 5.41) is 0. The summed E-state index contributed by atoms with van der Waals surface area (Å²) in [4.78, 5) is 23.6.